The van der Waals surface area contributed by atoms with Crippen LogP contribution in [0.15, 0.2) is 19.0 Å². The van der Waals surface area contributed by atoms with Crippen molar-refractivity contribution >= 4 is 12.1 Å². The molecule has 27 heavy (non-hydrogen) atoms. The lowest BCUT2D eigenvalue weighted by Gasteiger charge is -2.36. The predicted molar refractivity (Wildman–Crippen MR) is 103 cm³/mol. The summed E-state index contributed by atoms with van der Waals surface area (Å²) in [6.07, 6.45) is 9.24. The molecular weight excluding hydrogens is 340 g/mol. The molecule has 2 bridgehead atoms. The van der Waals surface area contributed by atoms with Crippen LogP contribution in [-0.2, 0) is 17.7 Å². The Kier molecular flexibility index (Phi) is 4.21. The van der Waals surface area contributed by atoms with Crippen LogP contribution in [-0.4, -0.2) is 57.0 Å². The smallest absolute Gasteiger partial charge is 0.225 e. The first kappa shape index (κ1) is 16.9. The summed E-state index contributed by atoms with van der Waals surface area (Å²) in [7, 11) is 0. The zero-order valence-electron chi connectivity index (χ0n) is 15.8. The third-order valence-electron chi connectivity index (χ3n) is 6.28. The van der Waals surface area contributed by atoms with Gasteiger partial charge in [0.05, 0.1) is 25.1 Å². The molecule has 0 aliphatic carbocycles. The number of nitrogens with zero attached hydrogens (tertiary/aromatic N) is 6. The van der Waals surface area contributed by atoms with E-state index in [0.717, 1.165) is 45.2 Å². The molecule has 2 atom stereocenters. The summed E-state index contributed by atoms with van der Waals surface area (Å²) < 4.78 is 7.31. The summed E-state index contributed by atoms with van der Waals surface area (Å²) in [6, 6.07) is 0.977. The van der Waals surface area contributed by atoms with Crippen molar-refractivity contribution in [3.05, 3.63) is 41.5 Å². The van der Waals surface area contributed by atoms with Crippen molar-refractivity contribution in [1.82, 2.24) is 24.6 Å². The van der Waals surface area contributed by atoms with E-state index < -0.39 is 0 Å². The van der Waals surface area contributed by atoms with Gasteiger partial charge in [0.25, 0.3) is 0 Å². The number of fused-ring (bicyclic) bond motifs is 4. The topological polar surface area (TPSA) is 59.3 Å². The molecule has 7 heteroatoms. The van der Waals surface area contributed by atoms with Crippen molar-refractivity contribution in [2.45, 2.75) is 44.8 Å². The maximum Gasteiger partial charge on any atom is 0.225 e. The standard InChI is InChI=1S/C20H26N6O/c1-3-26-14(2)15(11-22-26)13-25-16-4-5-19(25)17-12-21-20(23-18(17)10-16)24-6-8-27-9-7-24/h3,11-12,16,19H,1,4-10,13H2,2H3. The predicted octanol–water partition coefficient (Wildman–Crippen LogP) is 2.18. The summed E-state index contributed by atoms with van der Waals surface area (Å²) >= 11 is 0. The number of hydrogen-bond acceptors (Lipinski definition) is 6. The second kappa shape index (κ2) is 6.73. The van der Waals surface area contributed by atoms with Gasteiger partial charge in [-0.15, -0.1) is 0 Å². The minimum atomic E-state index is 0.420. The zero-order chi connectivity index (χ0) is 18.4. The first-order chi connectivity index (χ1) is 13.2. The molecule has 0 spiro atoms. The Morgan fingerprint density at radius 3 is 2.89 bits per heavy atom. The first-order valence-corrected chi connectivity index (χ1v) is 9.84. The van der Waals surface area contributed by atoms with Crippen LogP contribution in [0.3, 0.4) is 0 Å². The second-order valence-corrected chi connectivity index (χ2v) is 7.68. The molecule has 3 aliphatic heterocycles. The largest absolute Gasteiger partial charge is 0.378 e. The monoisotopic (exact) mass is 366 g/mol. The van der Waals surface area contributed by atoms with E-state index in [1.165, 1.54) is 35.4 Å². The third-order valence-corrected chi connectivity index (χ3v) is 6.28. The van der Waals surface area contributed by atoms with Gasteiger partial charge in [-0.1, -0.05) is 6.58 Å². The Morgan fingerprint density at radius 1 is 1.26 bits per heavy atom. The van der Waals surface area contributed by atoms with E-state index in [1.54, 1.807) is 6.20 Å². The van der Waals surface area contributed by atoms with Gasteiger partial charge in [0.2, 0.25) is 5.95 Å². The van der Waals surface area contributed by atoms with E-state index in [1.807, 2.05) is 10.9 Å². The maximum absolute atomic E-state index is 5.45. The number of rotatable bonds is 4. The van der Waals surface area contributed by atoms with Gasteiger partial charge >= 0.3 is 0 Å². The molecule has 2 fully saturated rings. The Balaban J connectivity index is 1.40. The molecule has 3 aliphatic rings. The second-order valence-electron chi connectivity index (χ2n) is 7.68. The van der Waals surface area contributed by atoms with Gasteiger partial charge in [-0.2, -0.15) is 5.10 Å². The highest BCUT2D eigenvalue weighted by Crippen LogP contribution is 2.44. The number of aromatic nitrogens is 4. The summed E-state index contributed by atoms with van der Waals surface area (Å²) in [4.78, 5) is 14.5. The SMILES string of the molecule is C=Cn1ncc(CN2C3CCC2c2cnc(N4CCOCC4)nc2C3)c1C. The Bertz CT molecular complexity index is 856. The summed E-state index contributed by atoms with van der Waals surface area (Å²) in [6.45, 7) is 10.2. The van der Waals surface area contributed by atoms with Crippen molar-refractivity contribution in [2.75, 3.05) is 31.2 Å². The van der Waals surface area contributed by atoms with Crippen LogP contribution in [0.2, 0.25) is 0 Å². The van der Waals surface area contributed by atoms with Gasteiger partial charge in [-0.25, -0.2) is 14.6 Å². The molecular formula is C20H26N6O. The quantitative estimate of drug-likeness (QED) is 0.827. The lowest BCUT2D eigenvalue weighted by molar-refractivity contribution is 0.122. The minimum Gasteiger partial charge on any atom is -0.378 e. The van der Waals surface area contributed by atoms with E-state index >= 15 is 0 Å². The van der Waals surface area contributed by atoms with E-state index in [4.69, 9.17) is 14.7 Å². The van der Waals surface area contributed by atoms with Crippen LogP contribution in [0.1, 0.15) is 41.4 Å². The summed E-state index contributed by atoms with van der Waals surface area (Å²) in [5.74, 6) is 0.869. The van der Waals surface area contributed by atoms with Crippen LogP contribution in [0.5, 0.6) is 0 Å². The van der Waals surface area contributed by atoms with Crippen LogP contribution >= 0.6 is 0 Å². The van der Waals surface area contributed by atoms with Gasteiger partial charge in [0, 0.05) is 67.4 Å². The van der Waals surface area contributed by atoms with E-state index in [0.29, 0.717) is 12.1 Å². The van der Waals surface area contributed by atoms with Crippen LogP contribution in [0.25, 0.3) is 6.20 Å². The van der Waals surface area contributed by atoms with Crippen molar-refractivity contribution in [2.24, 2.45) is 0 Å². The molecule has 142 valence electrons. The third kappa shape index (κ3) is 2.85. The fourth-order valence-corrected chi connectivity index (χ4v) is 4.72. The molecule has 2 aromatic rings. The van der Waals surface area contributed by atoms with Crippen molar-refractivity contribution < 1.29 is 4.74 Å². The average molecular weight is 366 g/mol. The Morgan fingerprint density at radius 2 is 2.11 bits per heavy atom. The normalized spacial score (nSPS) is 24.9. The maximum atomic E-state index is 5.45. The van der Waals surface area contributed by atoms with Crippen LogP contribution < -0.4 is 4.90 Å². The van der Waals surface area contributed by atoms with Gasteiger partial charge in [-0.3, -0.25) is 4.90 Å². The number of hydrogen-bond donors (Lipinski definition) is 0. The fourth-order valence-electron chi connectivity index (χ4n) is 4.72. The molecule has 5 heterocycles. The van der Waals surface area contributed by atoms with Crippen molar-refractivity contribution in [1.29, 1.82) is 0 Å². The summed E-state index contributed by atoms with van der Waals surface area (Å²) in [5.41, 5.74) is 5.01. The molecule has 0 N–H and O–H groups in total. The molecule has 2 unspecified atom stereocenters. The molecule has 0 saturated carbocycles. The highest BCUT2D eigenvalue weighted by Gasteiger charge is 2.41. The lowest BCUT2D eigenvalue weighted by atomic mass is 9.98. The molecule has 2 saturated heterocycles. The fraction of sp³-hybridized carbons (Fsp3) is 0.550. The minimum absolute atomic E-state index is 0.420. The van der Waals surface area contributed by atoms with E-state index in [2.05, 4.69) is 34.6 Å². The van der Waals surface area contributed by atoms with Crippen molar-refractivity contribution in [3.8, 4) is 0 Å². The molecule has 0 radical (unpaired) electrons. The molecule has 7 nitrogen and oxygen atoms in total. The molecule has 5 rings (SSSR count). The van der Waals surface area contributed by atoms with Gasteiger partial charge in [-0.05, 0) is 19.8 Å². The molecule has 0 aromatic carbocycles. The Hall–Kier alpha value is -2.25. The average Bonchev–Trinajstić information content (AvgIpc) is 3.20. The number of anilines is 1. The number of morpholine rings is 1. The van der Waals surface area contributed by atoms with Gasteiger partial charge < -0.3 is 9.64 Å². The lowest BCUT2D eigenvalue weighted by Crippen LogP contribution is -2.40. The summed E-state index contributed by atoms with van der Waals surface area (Å²) in [5, 5.41) is 4.41. The van der Waals surface area contributed by atoms with Crippen LogP contribution in [0, 0.1) is 6.92 Å². The number of ether oxygens (including phenoxy) is 1. The van der Waals surface area contributed by atoms with Crippen molar-refractivity contribution in [3.63, 3.8) is 0 Å². The Labute approximate surface area is 159 Å². The van der Waals surface area contributed by atoms with E-state index in [9.17, 15) is 0 Å². The highest BCUT2D eigenvalue weighted by molar-refractivity contribution is 5.38. The zero-order valence-corrected chi connectivity index (χ0v) is 15.8. The molecule has 0 amide bonds. The first-order valence-electron chi connectivity index (χ1n) is 9.84. The van der Waals surface area contributed by atoms with Crippen LogP contribution in [0.4, 0.5) is 5.95 Å². The molecule has 2 aromatic heterocycles. The van der Waals surface area contributed by atoms with Gasteiger partial charge in [0.15, 0.2) is 0 Å². The van der Waals surface area contributed by atoms with Gasteiger partial charge in [0.1, 0.15) is 0 Å². The highest BCUT2D eigenvalue weighted by atomic mass is 16.5. The van der Waals surface area contributed by atoms with E-state index in [-0.39, 0.29) is 0 Å².